The standard InChI is InChI=1S/C22H19F2N3OS/c1-14-13-19-21(25-12-2-3-15-4-10-18(28-24)11-5-15)26-20(27-22(19)29-14)16-6-8-17(23)9-7-16/h4-11,13H,2-3,12H2,1H3,(H,25,26,27). The molecule has 0 aliphatic heterocycles. The fourth-order valence-electron chi connectivity index (χ4n) is 3.11. The molecule has 0 aliphatic rings. The molecule has 0 radical (unpaired) electrons. The van der Waals surface area contributed by atoms with Gasteiger partial charge in [-0.25, -0.2) is 14.4 Å². The number of benzene rings is 2. The van der Waals surface area contributed by atoms with E-state index in [0.29, 0.717) is 5.82 Å². The summed E-state index contributed by atoms with van der Waals surface area (Å²) in [4.78, 5) is 15.1. The summed E-state index contributed by atoms with van der Waals surface area (Å²) >= 11 is 1.61. The van der Waals surface area contributed by atoms with Crippen molar-refractivity contribution in [1.82, 2.24) is 9.97 Å². The lowest BCUT2D eigenvalue weighted by molar-refractivity contribution is -0.00622. The Labute approximate surface area is 171 Å². The van der Waals surface area contributed by atoms with Crippen LogP contribution in [0.3, 0.4) is 0 Å². The molecule has 0 unspecified atom stereocenters. The highest BCUT2D eigenvalue weighted by Crippen LogP contribution is 2.31. The number of anilines is 1. The second-order valence-corrected chi connectivity index (χ2v) is 7.96. The van der Waals surface area contributed by atoms with Crippen molar-refractivity contribution in [2.45, 2.75) is 19.8 Å². The number of thiophene rings is 1. The SMILES string of the molecule is Cc1cc2c(NCCCc3ccc(OF)cc3)nc(-c3ccc(F)cc3)nc2s1. The largest absolute Gasteiger partial charge is 0.369 e. The van der Waals surface area contributed by atoms with Crippen molar-refractivity contribution in [3.05, 3.63) is 70.9 Å². The summed E-state index contributed by atoms with van der Waals surface area (Å²) in [5.74, 6) is 1.27. The number of halogens is 2. The van der Waals surface area contributed by atoms with Crippen LogP contribution in [0, 0.1) is 12.7 Å². The molecule has 29 heavy (non-hydrogen) atoms. The van der Waals surface area contributed by atoms with Crippen molar-refractivity contribution >= 4 is 27.4 Å². The van der Waals surface area contributed by atoms with Crippen LogP contribution in [0.2, 0.25) is 0 Å². The fourth-order valence-corrected chi connectivity index (χ4v) is 3.99. The summed E-state index contributed by atoms with van der Waals surface area (Å²) in [5, 5.41) is 4.40. The molecule has 0 aliphatic carbocycles. The van der Waals surface area contributed by atoms with Gasteiger partial charge >= 0.3 is 0 Å². The van der Waals surface area contributed by atoms with Gasteiger partial charge in [0.2, 0.25) is 0 Å². The van der Waals surface area contributed by atoms with Crippen molar-refractivity contribution in [1.29, 1.82) is 0 Å². The number of hydrogen-bond acceptors (Lipinski definition) is 5. The van der Waals surface area contributed by atoms with Gasteiger partial charge in [-0.15, -0.1) is 11.3 Å². The van der Waals surface area contributed by atoms with Gasteiger partial charge in [0.05, 0.1) is 5.39 Å². The lowest BCUT2D eigenvalue weighted by atomic mass is 10.1. The van der Waals surface area contributed by atoms with E-state index in [0.717, 1.165) is 51.4 Å². The molecule has 4 rings (SSSR count). The first kappa shape index (κ1) is 19.3. The van der Waals surface area contributed by atoms with E-state index in [2.05, 4.69) is 26.3 Å². The predicted octanol–water partition coefficient (Wildman–Crippen LogP) is 6.11. The molecule has 2 aromatic heterocycles. The van der Waals surface area contributed by atoms with E-state index in [1.807, 2.05) is 19.1 Å². The van der Waals surface area contributed by atoms with E-state index in [9.17, 15) is 8.92 Å². The molecule has 0 saturated carbocycles. The third-order valence-corrected chi connectivity index (χ3v) is 5.51. The highest BCUT2D eigenvalue weighted by atomic mass is 32.1. The van der Waals surface area contributed by atoms with Gasteiger partial charge in [-0.1, -0.05) is 12.1 Å². The zero-order chi connectivity index (χ0) is 20.2. The molecule has 2 aromatic carbocycles. The minimum Gasteiger partial charge on any atom is -0.369 e. The minimum absolute atomic E-state index is 0.205. The Bertz CT molecular complexity index is 1110. The lowest BCUT2D eigenvalue weighted by Gasteiger charge is -2.09. The molecular formula is C22H19F2N3OS. The zero-order valence-electron chi connectivity index (χ0n) is 15.8. The van der Waals surface area contributed by atoms with Gasteiger partial charge in [0, 0.05) is 21.5 Å². The maximum absolute atomic E-state index is 13.2. The average molecular weight is 411 g/mol. The maximum Gasteiger partial charge on any atom is 0.171 e. The van der Waals surface area contributed by atoms with E-state index in [4.69, 9.17) is 0 Å². The van der Waals surface area contributed by atoms with Crippen LogP contribution in [0.1, 0.15) is 16.9 Å². The van der Waals surface area contributed by atoms with Crippen LogP contribution in [-0.2, 0) is 6.42 Å². The highest BCUT2D eigenvalue weighted by molar-refractivity contribution is 7.18. The fraction of sp³-hybridized carbons (Fsp3) is 0.182. The van der Waals surface area contributed by atoms with E-state index in [-0.39, 0.29) is 11.6 Å². The quantitative estimate of drug-likeness (QED) is 0.373. The van der Waals surface area contributed by atoms with Gasteiger partial charge in [0.15, 0.2) is 11.6 Å². The van der Waals surface area contributed by atoms with Crippen molar-refractivity contribution < 1.29 is 13.9 Å². The van der Waals surface area contributed by atoms with Gasteiger partial charge < -0.3 is 5.32 Å². The smallest absolute Gasteiger partial charge is 0.171 e. The summed E-state index contributed by atoms with van der Waals surface area (Å²) in [5.41, 5.74) is 1.89. The summed E-state index contributed by atoms with van der Waals surface area (Å²) in [6.45, 7) is 2.77. The van der Waals surface area contributed by atoms with Crippen LogP contribution in [0.25, 0.3) is 21.6 Å². The van der Waals surface area contributed by atoms with Crippen LogP contribution < -0.4 is 10.3 Å². The number of nitrogens with zero attached hydrogens (tertiary/aromatic N) is 2. The summed E-state index contributed by atoms with van der Waals surface area (Å²) in [6, 6.07) is 15.2. The average Bonchev–Trinajstić information content (AvgIpc) is 3.12. The number of aryl methyl sites for hydroxylation is 2. The van der Waals surface area contributed by atoms with Crippen LogP contribution in [0.5, 0.6) is 5.75 Å². The van der Waals surface area contributed by atoms with Crippen molar-refractivity contribution in [3.8, 4) is 17.1 Å². The number of aromatic nitrogens is 2. The molecule has 4 aromatic rings. The van der Waals surface area contributed by atoms with Gasteiger partial charge in [-0.05, 0) is 67.8 Å². The van der Waals surface area contributed by atoms with Gasteiger partial charge in [0.1, 0.15) is 16.5 Å². The Morgan fingerprint density at radius 1 is 1.03 bits per heavy atom. The summed E-state index contributed by atoms with van der Waals surface area (Å²) in [6.07, 6.45) is 1.73. The topological polar surface area (TPSA) is 47.0 Å². The summed E-state index contributed by atoms with van der Waals surface area (Å²) in [7, 11) is 0. The number of nitrogens with one attached hydrogen (secondary N) is 1. The molecule has 2 heterocycles. The van der Waals surface area contributed by atoms with Crippen molar-refractivity contribution in [2.24, 2.45) is 0 Å². The molecular weight excluding hydrogens is 392 g/mol. The molecule has 0 spiro atoms. The molecule has 0 atom stereocenters. The lowest BCUT2D eigenvalue weighted by Crippen LogP contribution is -2.06. The Morgan fingerprint density at radius 3 is 2.52 bits per heavy atom. The van der Waals surface area contributed by atoms with Crippen LogP contribution in [-0.4, -0.2) is 16.5 Å². The normalized spacial score (nSPS) is 11.0. The zero-order valence-corrected chi connectivity index (χ0v) is 16.6. The van der Waals surface area contributed by atoms with Crippen LogP contribution >= 0.6 is 11.3 Å². The summed E-state index contributed by atoms with van der Waals surface area (Å²) < 4.78 is 25.4. The number of rotatable bonds is 7. The van der Waals surface area contributed by atoms with Gasteiger partial charge in [-0.3, -0.25) is 4.94 Å². The van der Waals surface area contributed by atoms with Gasteiger partial charge in [-0.2, -0.15) is 0 Å². The number of fused-ring (bicyclic) bond motifs is 1. The molecule has 7 heteroatoms. The highest BCUT2D eigenvalue weighted by Gasteiger charge is 2.12. The van der Waals surface area contributed by atoms with Crippen LogP contribution in [0.15, 0.2) is 54.6 Å². The molecule has 1 N–H and O–H groups in total. The van der Waals surface area contributed by atoms with Gasteiger partial charge in [0.25, 0.3) is 0 Å². The molecule has 0 amide bonds. The van der Waals surface area contributed by atoms with E-state index < -0.39 is 0 Å². The minimum atomic E-state index is -0.286. The second-order valence-electron chi connectivity index (χ2n) is 6.73. The molecule has 0 saturated heterocycles. The Balaban J connectivity index is 1.50. The molecule has 4 nitrogen and oxygen atoms in total. The Kier molecular flexibility index (Phi) is 5.67. The monoisotopic (exact) mass is 411 g/mol. The third kappa shape index (κ3) is 4.51. The predicted molar refractivity (Wildman–Crippen MR) is 113 cm³/mol. The van der Waals surface area contributed by atoms with E-state index in [1.54, 1.807) is 35.6 Å². The first-order chi connectivity index (χ1) is 14.1. The Morgan fingerprint density at radius 2 is 1.79 bits per heavy atom. The van der Waals surface area contributed by atoms with E-state index >= 15 is 0 Å². The second kappa shape index (κ2) is 8.53. The number of hydrogen-bond donors (Lipinski definition) is 1. The molecule has 0 bridgehead atoms. The third-order valence-electron chi connectivity index (χ3n) is 4.57. The van der Waals surface area contributed by atoms with Crippen molar-refractivity contribution in [3.63, 3.8) is 0 Å². The first-order valence-corrected chi connectivity index (χ1v) is 10.1. The van der Waals surface area contributed by atoms with Crippen LogP contribution in [0.4, 0.5) is 14.7 Å². The Hall–Kier alpha value is -3.06. The first-order valence-electron chi connectivity index (χ1n) is 9.28. The maximum atomic E-state index is 13.2. The van der Waals surface area contributed by atoms with Crippen molar-refractivity contribution in [2.75, 3.05) is 11.9 Å². The molecule has 148 valence electrons. The molecule has 0 fully saturated rings. The van der Waals surface area contributed by atoms with E-state index in [1.165, 1.54) is 12.1 Å².